The van der Waals surface area contributed by atoms with Crippen LogP contribution in [0, 0.1) is 0 Å². The molecule has 10 nitrogen and oxygen atoms in total. The Morgan fingerprint density at radius 1 is 0.711 bits per heavy atom. The van der Waals surface area contributed by atoms with E-state index in [0.29, 0.717) is 31.0 Å². The fraction of sp³-hybridized carbons (Fsp3) is 0.886. The lowest BCUT2D eigenvalue weighted by Crippen LogP contribution is -2.63. The Hall–Kier alpha value is -2.20. The van der Waals surface area contributed by atoms with Gasteiger partial charge in [-0.25, -0.2) is 0 Å². The van der Waals surface area contributed by atoms with Crippen LogP contribution in [0.2, 0.25) is 0 Å². The van der Waals surface area contributed by atoms with Crippen molar-refractivity contribution in [3.05, 3.63) is 0 Å². The third-order valence-electron chi connectivity index (χ3n) is 9.20. The molecule has 0 atom stereocenters. The first-order chi connectivity index (χ1) is 20.9. The number of aliphatic carboxylic acids is 1. The Kier molecular flexibility index (Phi) is 12.9. The molecule has 0 spiro atoms. The highest BCUT2D eigenvalue weighted by atomic mass is 16.4. The van der Waals surface area contributed by atoms with Crippen molar-refractivity contribution in [1.82, 2.24) is 25.6 Å². The third-order valence-corrected chi connectivity index (χ3v) is 9.20. The Labute approximate surface area is 274 Å². The molecular formula is C35H66N8O2. The number of unbranched alkanes of at least 4 members (excludes halogenated alkanes) is 4. The smallest absolute Gasteiger partial charge is 0.303 e. The van der Waals surface area contributed by atoms with Crippen LogP contribution in [0.4, 0.5) is 17.8 Å². The van der Waals surface area contributed by atoms with Gasteiger partial charge in [0.25, 0.3) is 0 Å². The maximum Gasteiger partial charge on any atom is 0.303 e. The summed E-state index contributed by atoms with van der Waals surface area (Å²) in [4.78, 5) is 31.5. The molecule has 0 bridgehead atoms. The summed E-state index contributed by atoms with van der Waals surface area (Å²) in [5, 5.41) is 20.3. The molecule has 258 valence electrons. The molecule has 0 aliphatic carbocycles. The second-order valence-electron chi connectivity index (χ2n) is 16.4. The first-order valence-corrected chi connectivity index (χ1v) is 17.8. The molecule has 1 aromatic rings. The molecule has 2 aliphatic rings. The van der Waals surface area contributed by atoms with Gasteiger partial charge in [-0.15, -0.1) is 0 Å². The van der Waals surface area contributed by atoms with Gasteiger partial charge in [0.15, 0.2) is 0 Å². The maximum atomic E-state index is 11.0. The van der Waals surface area contributed by atoms with E-state index in [0.717, 1.165) is 89.2 Å². The normalized spacial score (nSPS) is 20.9. The van der Waals surface area contributed by atoms with Gasteiger partial charge in [0, 0.05) is 60.3 Å². The minimum Gasteiger partial charge on any atom is -0.481 e. The molecule has 0 saturated carbocycles. The zero-order chi connectivity index (χ0) is 33.5. The zero-order valence-electron chi connectivity index (χ0n) is 30.4. The van der Waals surface area contributed by atoms with Crippen LogP contribution in [0.25, 0.3) is 0 Å². The zero-order valence-corrected chi connectivity index (χ0v) is 30.4. The third kappa shape index (κ3) is 11.8. The maximum absolute atomic E-state index is 11.0. The van der Waals surface area contributed by atoms with E-state index < -0.39 is 5.97 Å². The van der Waals surface area contributed by atoms with Crippen molar-refractivity contribution in [3.63, 3.8) is 0 Å². The van der Waals surface area contributed by atoms with Crippen LogP contribution in [-0.4, -0.2) is 79.9 Å². The van der Waals surface area contributed by atoms with Gasteiger partial charge in [0.05, 0.1) is 0 Å². The van der Waals surface area contributed by atoms with Crippen molar-refractivity contribution in [1.29, 1.82) is 0 Å². The van der Waals surface area contributed by atoms with Crippen LogP contribution in [0.1, 0.15) is 146 Å². The summed E-state index contributed by atoms with van der Waals surface area (Å²) >= 11 is 0. The average Bonchev–Trinajstić information content (AvgIpc) is 2.87. The van der Waals surface area contributed by atoms with Gasteiger partial charge >= 0.3 is 5.97 Å². The quantitative estimate of drug-likeness (QED) is 0.138. The van der Waals surface area contributed by atoms with Crippen LogP contribution in [0.15, 0.2) is 0 Å². The first-order valence-electron chi connectivity index (χ1n) is 17.8. The molecule has 0 aromatic carbocycles. The van der Waals surface area contributed by atoms with E-state index in [1.165, 1.54) is 0 Å². The second-order valence-corrected chi connectivity index (χ2v) is 16.4. The predicted octanol–water partition coefficient (Wildman–Crippen LogP) is 6.76. The largest absolute Gasteiger partial charge is 0.481 e. The summed E-state index contributed by atoms with van der Waals surface area (Å²) in [5.41, 5.74) is 0.0127. The highest BCUT2D eigenvalue weighted by molar-refractivity contribution is 5.66. The van der Waals surface area contributed by atoms with Gasteiger partial charge < -0.3 is 30.9 Å². The number of piperidine rings is 2. The number of carboxylic acid groups (broad SMARTS) is 1. The van der Waals surface area contributed by atoms with E-state index in [4.69, 9.17) is 20.1 Å². The predicted molar refractivity (Wildman–Crippen MR) is 188 cm³/mol. The molecule has 2 aliphatic heterocycles. The summed E-state index contributed by atoms with van der Waals surface area (Å²) in [6.45, 7) is 25.5. The van der Waals surface area contributed by atoms with Crippen molar-refractivity contribution in [3.8, 4) is 0 Å². The van der Waals surface area contributed by atoms with E-state index >= 15 is 0 Å². The number of nitrogens with zero attached hydrogens (tertiary/aromatic N) is 5. The monoisotopic (exact) mass is 631 g/mol. The lowest BCUT2D eigenvalue weighted by molar-refractivity contribution is -0.137. The van der Waals surface area contributed by atoms with Crippen LogP contribution in [-0.2, 0) is 4.79 Å². The standard InChI is InChI=1S/C35H66N8O2/c1-11-13-20-42(26-22-32(3,4)40-33(5,6)23-26)30-37-29(36-19-17-15-16-18-28(44)45)38-31(39-30)43(21-14-12-2)27-24-34(7,8)41-35(9,10)25-27/h26-27,40-41H,11-25H2,1-10H3,(H,44,45)(H,36,37,38,39). The van der Waals surface area contributed by atoms with Crippen LogP contribution in [0.3, 0.4) is 0 Å². The molecule has 2 saturated heterocycles. The van der Waals surface area contributed by atoms with Crippen molar-refractivity contribution in [2.75, 3.05) is 34.8 Å². The van der Waals surface area contributed by atoms with Gasteiger partial charge in [0.1, 0.15) is 0 Å². The molecule has 0 unspecified atom stereocenters. The van der Waals surface area contributed by atoms with Gasteiger partial charge in [-0.05, 0) is 107 Å². The van der Waals surface area contributed by atoms with Gasteiger partial charge in [-0.3, -0.25) is 4.79 Å². The fourth-order valence-electron chi connectivity index (χ4n) is 7.99. The van der Waals surface area contributed by atoms with Crippen molar-refractivity contribution in [2.24, 2.45) is 0 Å². The number of rotatable bonds is 17. The molecule has 4 N–H and O–H groups in total. The lowest BCUT2D eigenvalue weighted by Gasteiger charge is -2.50. The number of aromatic nitrogens is 3. The molecule has 10 heteroatoms. The molecule has 45 heavy (non-hydrogen) atoms. The topological polar surface area (TPSA) is 119 Å². The van der Waals surface area contributed by atoms with Gasteiger partial charge in [-0.2, -0.15) is 15.0 Å². The molecule has 2 fully saturated rings. The number of nitrogens with one attached hydrogen (secondary N) is 3. The summed E-state index contributed by atoms with van der Waals surface area (Å²) in [6.07, 6.45) is 11.1. The number of hydrogen-bond acceptors (Lipinski definition) is 9. The average molecular weight is 631 g/mol. The summed E-state index contributed by atoms with van der Waals surface area (Å²) in [5.74, 6) is 1.43. The minimum absolute atomic E-state index is 0.00317. The van der Waals surface area contributed by atoms with E-state index in [-0.39, 0.29) is 28.6 Å². The van der Waals surface area contributed by atoms with E-state index in [2.05, 4.69) is 95.0 Å². The molecule has 3 heterocycles. The van der Waals surface area contributed by atoms with E-state index in [1.807, 2.05) is 0 Å². The van der Waals surface area contributed by atoms with Crippen LogP contribution >= 0.6 is 0 Å². The lowest BCUT2D eigenvalue weighted by atomic mass is 9.79. The number of hydrogen-bond donors (Lipinski definition) is 4. The fourth-order valence-corrected chi connectivity index (χ4v) is 7.99. The second kappa shape index (κ2) is 15.6. The molecule has 0 amide bonds. The number of carboxylic acids is 1. The Balaban J connectivity index is 2.04. The van der Waals surface area contributed by atoms with Gasteiger partial charge in [-0.1, -0.05) is 33.1 Å². The van der Waals surface area contributed by atoms with E-state index in [9.17, 15) is 4.79 Å². The van der Waals surface area contributed by atoms with Crippen LogP contribution < -0.4 is 25.8 Å². The Morgan fingerprint density at radius 3 is 1.51 bits per heavy atom. The summed E-state index contributed by atoms with van der Waals surface area (Å²) in [6, 6.07) is 0.616. The van der Waals surface area contributed by atoms with Crippen molar-refractivity contribution < 1.29 is 9.90 Å². The molecule has 0 radical (unpaired) electrons. The van der Waals surface area contributed by atoms with Gasteiger partial charge in [0.2, 0.25) is 17.8 Å². The number of carbonyl (C=O) groups is 1. The molecule has 1 aromatic heterocycles. The molecular weight excluding hydrogens is 564 g/mol. The minimum atomic E-state index is -0.734. The Morgan fingerprint density at radius 2 is 1.13 bits per heavy atom. The SMILES string of the molecule is CCCCN(c1nc(NCCCCCC(=O)O)nc(N(CCCC)C2CC(C)(C)NC(C)(C)C2)n1)C1CC(C)(C)NC(C)(C)C1. The Bertz CT molecular complexity index is 989. The highest BCUT2D eigenvalue weighted by Gasteiger charge is 2.42. The summed E-state index contributed by atoms with van der Waals surface area (Å²) < 4.78 is 0. The molecule has 3 rings (SSSR count). The first kappa shape index (κ1) is 37.3. The van der Waals surface area contributed by atoms with Crippen LogP contribution in [0.5, 0.6) is 0 Å². The highest BCUT2D eigenvalue weighted by Crippen LogP contribution is 2.36. The number of anilines is 3. The van der Waals surface area contributed by atoms with Crippen molar-refractivity contribution in [2.45, 2.75) is 181 Å². The van der Waals surface area contributed by atoms with E-state index in [1.54, 1.807) is 0 Å². The van der Waals surface area contributed by atoms with Crippen molar-refractivity contribution >= 4 is 23.8 Å². The summed E-state index contributed by atoms with van der Waals surface area (Å²) in [7, 11) is 0.